The minimum absolute atomic E-state index is 0.610. The van der Waals surface area contributed by atoms with Gasteiger partial charge in [-0.3, -0.25) is 0 Å². The van der Waals surface area contributed by atoms with Crippen LogP contribution in [0.5, 0.6) is 0 Å². The second-order valence-corrected chi connectivity index (χ2v) is 4.95. The van der Waals surface area contributed by atoms with Gasteiger partial charge < -0.3 is 0 Å². The molecule has 2 rings (SSSR count). The Hall–Kier alpha value is -1.50. The molecule has 2 nitrogen and oxygen atoms in total. The molecule has 1 atom stereocenters. The second-order valence-electron chi connectivity index (χ2n) is 4.38. The summed E-state index contributed by atoms with van der Waals surface area (Å²) in [6.07, 6.45) is 1.03. The Labute approximate surface area is 116 Å². The largest absolute Gasteiger partial charge is 0.493 e. The maximum absolute atomic E-state index is 9.10. The van der Waals surface area contributed by atoms with E-state index in [1.165, 1.54) is 29.4 Å². The van der Waals surface area contributed by atoms with Gasteiger partial charge in [0, 0.05) is 0 Å². The van der Waals surface area contributed by atoms with Crippen LogP contribution in [0.25, 0.3) is 0 Å². The van der Waals surface area contributed by atoms with E-state index in [1.807, 2.05) is 0 Å². The highest BCUT2D eigenvalue weighted by Crippen LogP contribution is 2.15. The number of benzene rings is 2. The van der Waals surface area contributed by atoms with Crippen molar-refractivity contribution in [3.63, 3.8) is 0 Å². The molecule has 2 aromatic carbocycles. The zero-order valence-corrected chi connectivity index (χ0v) is 12.6. The first-order valence-corrected chi connectivity index (χ1v) is 6.99. The quantitative estimate of drug-likeness (QED) is 0.773. The van der Waals surface area contributed by atoms with Crippen molar-refractivity contribution in [2.24, 2.45) is 0 Å². The lowest BCUT2D eigenvalue weighted by molar-refractivity contribution is 0.433. The minimum atomic E-state index is -0.610. The van der Waals surface area contributed by atoms with Gasteiger partial charge in [0.25, 0.3) is 0 Å². The Bertz CT molecular complexity index is 509. The SMILES string of the molecule is CO[PH+]=O.Cc1ccc(Cc2ccccc2)c(C)c1. The fraction of sp³-hybridized carbons (Fsp3) is 0.250. The van der Waals surface area contributed by atoms with E-state index in [4.69, 9.17) is 4.57 Å². The highest BCUT2D eigenvalue weighted by molar-refractivity contribution is 7.17. The van der Waals surface area contributed by atoms with E-state index in [0.29, 0.717) is 0 Å². The van der Waals surface area contributed by atoms with Crippen molar-refractivity contribution in [2.45, 2.75) is 20.3 Å². The van der Waals surface area contributed by atoms with Crippen molar-refractivity contribution in [1.29, 1.82) is 0 Å². The molecule has 100 valence electrons. The molecule has 0 radical (unpaired) electrons. The molecule has 0 N–H and O–H groups in total. The monoisotopic (exact) mass is 275 g/mol. The summed E-state index contributed by atoms with van der Waals surface area (Å²) in [6.45, 7) is 4.32. The van der Waals surface area contributed by atoms with Gasteiger partial charge in [0.2, 0.25) is 0 Å². The van der Waals surface area contributed by atoms with Crippen molar-refractivity contribution in [1.82, 2.24) is 0 Å². The van der Waals surface area contributed by atoms with Crippen LogP contribution in [-0.2, 0) is 15.5 Å². The Morgan fingerprint density at radius 1 is 1.05 bits per heavy atom. The lowest BCUT2D eigenvalue weighted by Crippen LogP contribution is -1.91. The number of hydrogen-bond donors (Lipinski definition) is 0. The standard InChI is InChI=1S/C15H16.CH4O2P/c1-12-8-9-15(13(2)10-12)11-14-6-4-3-5-7-14;1-3-4-2/h3-10H,11H2,1-2H3;4H,1H3/q;+1. The first kappa shape index (κ1) is 15.6. The minimum Gasteiger partial charge on any atom is -0.151 e. The summed E-state index contributed by atoms with van der Waals surface area (Å²) in [5, 5.41) is 0. The Kier molecular flexibility index (Phi) is 7.02. The zero-order chi connectivity index (χ0) is 14.1. The third-order valence-electron chi connectivity index (χ3n) is 2.82. The second kappa shape index (κ2) is 8.58. The molecule has 0 aliphatic carbocycles. The third-order valence-corrected chi connectivity index (χ3v) is 2.99. The maximum Gasteiger partial charge on any atom is 0.493 e. The smallest absolute Gasteiger partial charge is 0.151 e. The molecule has 0 saturated carbocycles. The van der Waals surface area contributed by atoms with E-state index < -0.39 is 8.69 Å². The molecular weight excluding hydrogens is 255 g/mol. The molecule has 0 fully saturated rings. The summed E-state index contributed by atoms with van der Waals surface area (Å²) in [5.74, 6) is 0. The Morgan fingerprint density at radius 3 is 2.21 bits per heavy atom. The third kappa shape index (κ3) is 5.78. The van der Waals surface area contributed by atoms with Crippen LogP contribution < -0.4 is 0 Å². The predicted molar refractivity (Wildman–Crippen MR) is 81.2 cm³/mol. The van der Waals surface area contributed by atoms with E-state index in [-0.39, 0.29) is 0 Å². The zero-order valence-electron chi connectivity index (χ0n) is 11.6. The first-order valence-electron chi connectivity index (χ1n) is 6.17. The molecule has 2 aromatic rings. The highest BCUT2D eigenvalue weighted by atomic mass is 31.1. The molecule has 3 heteroatoms. The Morgan fingerprint density at radius 2 is 1.68 bits per heavy atom. The van der Waals surface area contributed by atoms with Crippen LogP contribution in [0.4, 0.5) is 0 Å². The van der Waals surface area contributed by atoms with E-state index in [1.54, 1.807) is 0 Å². The van der Waals surface area contributed by atoms with Crippen LogP contribution in [0.15, 0.2) is 48.5 Å². The van der Waals surface area contributed by atoms with E-state index in [0.717, 1.165) is 6.42 Å². The number of rotatable bonds is 3. The molecule has 1 unspecified atom stereocenters. The van der Waals surface area contributed by atoms with Gasteiger partial charge in [-0.15, -0.1) is 0 Å². The van der Waals surface area contributed by atoms with Crippen LogP contribution in [0.3, 0.4) is 0 Å². The highest BCUT2D eigenvalue weighted by Gasteiger charge is 1.99. The molecular formula is C16H20O2P+. The molecule has 0 aromatic heterocycles. The summed E-state index contributed by atoms with van der Waals surface area (Å²) in [7, 11) is 0.771. The van der Waals surface area contributed by atoms with Crippen LogP contribution in [-0.4, -0.2) is 7.11 Å². The summed E-state index contributed by atoms with van der Waals surface area (Å²) < 4.78 is 13.1. The summed E-state index contributed by atoms with van der Waals surface area (Å²) >= 11 is 0. The van der Waals surface area contributed by atoms with Gasteiger partial charge in [0.1, 0.15) is 0 Å². The van der Waals surface area contributed by atoms with Crippen molar-refractivity contribution in [3.05, 3.63) is 70.8 Å². The molecule has 0 aliphatic rings. The molecule has 0 aliphatic heterocycles. The molecule has 0 saturated heterocycles. The predicted octanol–water partition coefficient (Wildman–Crippen LogP) is 4.47. The van der Waals surface area contributed by atoms with Gasteiger partial charge in [-0.25, -0.2) is 0 Å². The molecule has 0 amide bonds. The number of aryl methyl sites for hydroxylation is 2. The normalized spacial score (nSPS) is 9.84. The maximum atomic E-state index is 9.10. The lowest BCUT2D eigenvalue weighted by Gasteiger charge is -2.06. The summed E-state index contributed by atoms with van der Waals surface area (Å²) in [5.41, 5.74) is 5.53. The number of hydrogen-bond acceptors (Lipinski definition) is 2. The lowest BCUT2D eigenvalue weighted by atomic mass is 9.99. The average molecular weight is 275 g/mol. The summed E-state index contributed by atoms with van der Waals surface area (Å²) in [4.78, 5) is 0. The van der Waals surface area contributed by atoms with Crippen molar-refractivity contribution < 1.29 is 9.09 Å². The van der Waals surface area contributed by atoms with Crippen molar-refractivity contribution in [2.75, 3.05) is 7.11 Å². The Balaban J connectivity index is 0.000000399. The molecule has 0 heterocycles. The fourth-order valence-corrected chi connectivity index (χ4v) is 1.86. The first-order chi connectivity index (χ1) is 9.17. The van der Waals surface area contributed by atoms with Crippen LogP contribution in [0.2, 0.25) is 0 Å². The molecule has 0 spiro atoms. The van der Waals surface area contributed by atoms with Crippen molar-refractivity contribution >= 4 is 8.69 Å². The van der Waals surface area contributed by atoms with Crippen molar-refractivity contribution in [3.8, 4) is 0 Å². The summed E-state index contributed by atoms with van der Waals surface area (Å²) in [6, 6.07) is 17.3. The van der Waals surface area contributed by atoms with Gasteiger partial charge in [-0.05, 0) is 41.5 Å². The van der Waals surface area contributed by atoms with E-state index in [2.05, 4.69) is 66.9 Å². The van der Waals surface area contributed by atoms with Gasteiger partial charge in [-0.2, -0.15) is 4.52 Å². The van der Waals surface area contributed by atoms with E-state index in [9.17, 15) is 0 Å². The van der Waals surface area contributed by atoms with Gasteiger partial charge >= 0.3 is 8.69 Å². The topological polar surface area (TPSA) is 26.3 Å². The van der Waals surface area contributed by atoms with Crippen LogP contribution in [0, 0.1) is 13.8 Å². The van der Waals surface area contributed by atoms with E-state index >= 15 is 0 Å². The molecule has 0 bridgehead atoms. The van der Waals surface area contributed by atoms with Gasteiger partial charge in [0.05, 0.1) is 7.11 Å². The van der Waals surface area contributed by atoms with Crippen LogP contribution in [0.1, 0.15) is 22.3 Å². The molecule has 19 heavy (non-hydrogen) atoms. The van der Waals surface area contributed by atoms with Gasteiger partial charge in [-0.1, -0.05) is 54.1 Å². The van der Waals surface area contributed by atoms with Crippen LogP contribution >= 0.6 is 8.69 Å². The fourth-order valence-electron chi connectivity index (χ4n) is 1.86. The van der Waals surface area contributed by atoms with Gasteiger partial charge in [0.15, 0.2) is 0 Å². The average Bonchev–Trinajstić information content (AvgIpc) is 2.43.